The van der Waals surface area contributed by atoms with Crippen LogP contribution in [0.4, 0.5) is 5.69 Å². The van der Waals surface area contributed by atoms with Gasteiger partial charge in [0.1, 0.15) is 5.75 Å². The lowest BCUT2D eigenvalue weighted by atomic mass is 10.0. The van der Waals surface area contributed by atoms with Gasteiger partial charge in [0.2, 0.25) is 0 Å². The van der Waals surface area contributed by atoms with Gasteiger partial charge in [0.05, 0.1) is 23.9 Å². The van der Waals surface area contributed by atoms with E-state index in [0.717, 1.165) is 11.3 Å². The van der Waals surface area contributed by atoms with E-state index in [-0.39, 0.29) is 34.7 Å². The third-order valence-corrected chi connectivity index (χ3v) is 6.11. The van der Waals surface area contributed by atoms with E-state index in [0.29, 0.717) is 23.4 Å². The Morgan fingerprint density at radius 3 is 2.43 bits per heavy atom. The molecule has 0 unspecified atom stereocenters. The quantitative estimate of drug-likeness (QED) is 0.379. The Bertz CT molecular complexity index is 1560. The van der Waals surface area contributed by atoms with Gasteiger partial charge in [-0.3, -0.25) is 24.1 Å². The van der Waals surface area contributed by atoms with Crippen molar-refractivity contribution in [1.82, 2.24) is 15.1 Å². The largest absolute Gasteiger partial charge is 0.497 e. The molecule has 2 N–H and O–H groups in total. The Morgan fingerprint density at radius 1 is 0.919 bits per heavy atom. The SMILES string of the molecule is COc1ccc(CCN2C(=O)c3ccc(C(=O)Nc4cccc(-c5ccc(=O)[nH]n5)c4)cc3C2=O)cc1. The molecule has 0 saturated carbocycles. The number of benzene rings is 3. The molecule has 0 bridgehead atoms. The first-order chi connectivity index (χ1) is 17.9. The van der Waals surface area contributed by atoms with Crippen LogP contribution in [0.2, 0.25) is 0 Å². The fourth-order valence-electron chi connectivity index (χ4n) is 4.13. The molecule has 4 aromatic rings. The summed E-state index contributed by atoms with van der Waals surface area (Å²) < 4.78 is 5.16. The zero-order chi connectivity index (χ0) is 25.9. The van der Waals surface area contributed by atoms with E-state index >= 15 is 0 Å². The molecule has 3 amide bonds. The molecule has 0 atom stereocenters. The lowest BCUT2D eigenvalue weighted by Crippen LogP contribution is -2.31. The number of methoxy groups -OCH3 is 1. The number of carbonyl (C=O) groups is 3. The highest BCUT2D eigenvalue weighted by Crippen LogP contribution is 2.26. The first-order valence-electron chi connectivity index (χ1n) is 11.5. The molecule has 1 aromatic heterocycles. The van der Waals surface area contributed by atoms with Crippen LogP contribution in [-0.2, 0) is 6.42 Å². The van der Waals surface area contributed by atoms with Gasteiger partial charge >= 0.3 is 0 Å². The monoisotopic (exact) mass is 494 g/mol. The van der Waals surface area contributed by atoms with Crippen LogP contribution in [0.1, 0.15) is 36.6 Å². The molecule has 1 aliphatic heterocycles. The lowest BCUT2D eigenvalue weighted by Gasteiger charge is -2.13. The topological polar surface area (TPSA) is 121 Å². The van der Waals surface area contributed by atoms with E-state index in [9.17, 15) is 19.2 Å². The van der Waals surface area contributed by atoms with Crippen molar-refractivity contribution in [3.8, 4) is 17.0 Å². The van der Waals surface area contributed by atoms with Crippen LogP contribution in [0.5, 0.6) is 5.75 Å². The second kappa shape index (κ2) is 9.90. The molecule has 0 aliphatic carbocycles. The highest BCUT2D eigenvalue weighted by Gasteiger charge is 2.35. The highest BCUT2D eigenvalue weighted by molar-refractivity contribution is 6.22. The van der Waals surface area contributed by atoms with Crippen LogP contribution >= 0.6 is 0 Å². The summed E-state index contributed by atoms with van der Waals surface area (Å²) in [6.07, 6.45) is 0.503. The number of ether oxygens (including phenoxy) is 1. The predicted octanol–water partition coefficient (Wildman–Crippen LogP) is 3.54. The van der Waals surface area contributed by atoms with Crippen molar-refractivity contribution in [3.05, 3.63) is 111 Å². The number of hydrogen-bond donors (Lipinski definition) is 2. The minimum atomic E-state index is -0.425. The fraction of sp³-hybridized carbons (Fsp3) is 0.107. The molecular weight excluding hydrogens is 472 g/mol. The van der Waals surface area contributed by atoms with Gasteiger partial charge in [-0.05, 0) is 60.5 Å². The number of aromatic amines is 1. The van der Waals surface area contributed by atoms with Crippen molar-refractivity contribution in [2.75, 3.05) is 19.0 Å². The average Bonchev–Trinajstić information content (AvgIpc) is 3.16. The molecule has 0 saturated heterocycles. The first kappa shape index (κ1) is 23.7. The summed E-state index contributed by atoms with van der Waals surface area (Å²) >= 11 is 0. The van der Waals surface area contributed by atoms with Crippen molar-refractivity contribution in [2.24, 2.45) is 0 Å². The lowest BCUT2D eigenvalue weighted by molar-refractivity contribution is 0.0656. The maximum absolute atomic E-state index is 13.0. The second-order valence-corrected chi connectivity index (χ2v) is 8.46. The number of aromatic nitrogens is 2. The number of hydrogen-bond acceptors (Lipinski definition) is 6. The van der Waals surface area contributed by atoms with Gasteiger partial charge in [-0.15, -0.1) is 0 Å². The highest BCUT2D eigenvalue weighted by atomic mass is 16.5. The number of H-pyrrole nitrogens is 1. The van der Waals surface area contributed by atoms with Gasteiger partial charge in [0, 0.05) is 29.4 Å². The molecule has 184 valence electrons. The van der Waals surface area contributed by atoms with Crippen LogP contribution < -0.4 is 15.6 Å². The van der Waals surface area contributed by atoms with Gasteiger partial charge < -0.3 is 10.1 Å². The second-order valence-electron chi connectivity index (χ2n) is 8.46. The van der Waals surface area contributed by atoms with E-state index in [4.69, 9.17) is 4.74 Å². The molecular formula is C28H22N4O5. The Kier molecular flexibility index (Phi) is 6.34. The van der Waals surface area contributed by atoms with E-state index in [2.05, 4.69) is 15.5 Å². The van der Waals surface area contributed by atoms with Crippen LogP contribution in [0.3, 0.4) is 0 Å². The normalized spacial score (nSPS) is 12.4. The number of anilines is 1. The van der Waals surface area contributed by atoms with Crippen molar-refractivity contribution in [2.45, 2.75) is 6.42 Å². The van der Waals surface area contributed by atoms with E-state index in [1.54, 1.807) is 37.4 Å². The average molecular weight is 495 g/mol. The van der Waals surface area contributed by atoms with Gasteiger partial charge in [-0.1, -0.05) is 24.3 Å². The Hall–Kier alpha value is -5.05. The van der Waals surface area contributed by atoms with Crippen LogP contribution in [0, 0.1) is 0 Å². The number of amides is 3. The number of rotatable bonds is 7. The van der Waals surface area contributed by atoms with Gasteiger partial charge in [0.15, 0.2) is 0 Å². The Balaban J connectivity index is 1.29. The summed E-state index contributed by atoms with van der Waals surface area (Å²) in [7, 11) is 1.59. The molecule has 0 spiro atoms. The van der Waals surface area contributed by atoms with E-state index in [1.165, 1.54) is 29.2 Å². The molecule has 2 heterocycles. The number of imide groups is 1. The molecule has 5 rings (SSSR count). The minimum Gasteiger partial charge on any atom is -0.497 e. The first-order valence-corrected chi connectivity index (χ1v) is 11.5. The molecule has 37 heavy (non-hydrogen) atoms. The van der Waals surface area contributed by atoms with Crippen LogP contribution in [-0.4, -0.2) is 46.5 Å². The molecule has 3 aromatic carbocycles. The van der Waals surface area contributed by atoms with Crippen molar-refractivity contribution in [1.29, 1.82) is 0 Å². The van der Waals surface area contributed by atoms with Gasteiger partial charge in [-0.2, -0.15) is 5.10 Å². The molecule has 9 nitrogen and oxygen atoms in total. The molecule has 1 aliphatic rings. The maximum atomic E-state index is 13.0. The van der Waals surface area contributed by atoms with Gasteiger partial charge in [-0.25, -0.2) is 5.10 Å². The fourth-order valence-corrected chi connectivity index (χ4v) is 4.13. The summed E-state index contributed by atoms with van der Waals surface area (Å²) in [4.78, 5) is 51.3. The third-order valence-electron chi connectivity index (χ3n) is 6.11. The van der Waals surface area contributed by atoms with Crippen molar-refractivity contribution < 1.29 is 19.1 Å². The molecule has 9 heteroatoms. The van der Waals surface area contributed by atoms with E-state index in [1.807, 2.05) is 24.3 Å². The number of nitrogens with zero attached hydrogens (tertiary/aromatic N) is 2. The summed E-state index contributed by atoms with van der Waals surface area (Å²) in [5.74, 6) is -0.489. The van der Waals surface area contributed by atoms with Crippen molar-refractivity contribution >= 4 is 23.4 Å². The third kappa shape index (κ3) is 4.87. The van der Waals surface area contributed by atoms with Gasteiger partial charge in [0.25, 0.3) is 23.3 Å². The number of nitrogens with one attached hydrogen (secondary N) is 2. The predicted molar refractivity (Wildman–Crippen MR) is 137 cm³/mol. The Morgan fingerprint density at radius 2 is 1.70 bits per heavy atom. The van der Waals surface area contributed by atoms with Crippen LogP contribution in [0.25, 0.3) is 11.3 Å². The maximum Gasteiger partial charge on any atom is 0.264 e. The minimum absolute atomic E-state index is 0.207. The number of fused-ring (bicyclic) bond motifs is 1. The Labute approximate surface area is 211 Å². The number of carbonyl (C=O) groups excluding carboxylic acids is 3. The van der Waals surface area contributed by atoms with Crippen molar-refractivity contribution in [3.63, 3.8) is 0 Å². The smallest absolute Gasteiger partial charge is 0.264 e. The summed E-state index contributed by atoms with van der Waals surface area (Å²) in [5.41, 5.74) is 3.17. The zero-order valence-electron chi connectivity index (χ0n) is 19.9. The summed E-state index contributed by atoms with van der Waals surface area (Å²) in [6.45, 7) is 0.228. The summed E-state index contributed by atoms with van der Waals surface area (Å²) in [6, 6.07) is 21.9. The molecule has 0 radical (unpaired) electrons. The standard InChI is InChI=1S/C28H22N4O5/c1-37-21-8-5-17(6-9-21)13-14-32-27(35)22-10-7-19(16-23(22)28(32)36)26(34)29-20-4-2-3-18(15-20)24-11-12-25(33)31-30-24/h2-12,15-16H,13-14H2,1H3,(H,29,34)(H,31,33). The van der Waals surface area contributed by atoms with E-state index < -0.39 is 11.8 Å². The van der Waals surface area contributed by atoms with Crippen LogP contribution in [0.15, 0.2) is 83.7 Å². The molecule has 0 fully saturated rings. The summed E-state index contributed by atoms with van der Waals surface area (Å²) in [5, 5.41) is 9.19. The zero-order valence-corrected chi connectivity index (χ0v) is 19.9.